The molecule has 0 saturated carbocycles. The van der Waals surface area contributed by atoms with Crippen molar-refractivity contribution in [2.75, 3.05) is 0 Å². The van der Waals surface area contributed by atoms with Gasteiger partial charge in [0.05, 0.1) is 0 Å². The summed E-state index contributed by atoms with van der Waals surface area (Å²) in [4.78, 5) is 0. The van der Waals surface area contributed by atoms with Crippen LogP contribution >= 0.6 is 22.7 Å². The fourth-order valence-electron chi connectivity index (χ4n) is 10.0. The van der Waals surface area contributed by atoms with E-state index in [-0.39, 0.29) is 10.8 Å². The molecule has 0 spiro atoms. The maximum absolute atomic E-state index is 2.48. The van der Waals surface area contributed by atoms with Crippen LogP contribution in [0.15, 0.2) is 146 Å². The molecule has 0 radical (unpaired) electrons. The average molecular weight is 725 g/mol. The lowest BCUT2D eigenvalue weighted by Gasteiger charge is -2.40. The zero-order valence-electron chi connectivity index (χ0n) is 30.7. The highest BCUT2D eigenvalue weighted by atomic mass is 32.1. The molecule has 0 bridgehead atoms. The lowest BCUT2D eigenvalue weighted by Crippen LogP contribution is -2.28. The van der Waals surface area contributed by atoms with E-state index in [9.17, 15) is 0 Å². The van der Waals surface area contributed by atoms with Crippen LogP contribution in [0.4, 0.5) is 0 Å². The zero-order chi connectivity index (χ0) is 36.1. The Kier molecular flexibility index (Phi) is 6.04. The predicted octanol–water partition coefficient (Wildman–Crippen LogP) is 15.5. The molecule has 0 amide bonds. The molecule has 0 nitrogen and oxygen atoms in total. The van der Waals surface area contributed by atoms with Crippen molar-refractivity contribution < 1.29 is 0 Å². The molecule has 0 unspecified atom stereocenters. The van der Waals surface area contributed by atoms with E-state index >= 15 is 0 Å². The van der Waals surface area contributed by atoms with Gasteiger partial charge in [-0.1, -0.05) is 125 Å². The van der Waals surface area contributed by atoms with E-state index in [1.165, 1.54) is 118 Å². The molecule has 2 heterocycles. The molecule has 2 heteroatoms. The minimum absolute atomic E-state index is 0.159. The van der Waals surface area contributed by atoms with Crippen LogP contribution in [0, 0.1) is 0 Å². The van der Waals surface area contributed by atoms with Crippen molar-refractivity contribution in [2.24, 2.45) is 0 Å². The first kappa shape index (κ1) is 30.9. The molecule has 0 aliphatic heterocycles. The van der Waals surface area contributed by atoms with E-state index in [1.807, 2.05) is 22.7 Å². The molecular weight excluding hydrogens is 689 g/mol. The Morgan fingerprint density at radius 2 is 0.685 bits per heavy atom. The Morgan fingerprint density at radius 3 is 1.15 bits per heavy atom. The molecule has 0 atom stereocenters. The summed E-state index contributed by atoms with van der Waals surface area (Å²) in [6, 6.07) is 55.8. The van der Waals surface area contributed by atoms with Crippen molar-refractivity contribution >= 4 is 73.8 Å². The smallest absolute Gasteiger partial charge is 0.0355 e. The number of thiophene rings is 2. The second-order valence-electron chi connectivity index (χ2n) is 16.5. The number of fused-ring (bicyclic) bond motifs is 10. The van der Waals surface area contributed by atoms with Crippen LogP contribution in [-0.2, 0) is 10.8 Å². The Morgan fingerprint density at radius 1 is 0.315 bits per heavy atom. The van der Waals surface area contributed by atoms with Crippen molar-refractivity contribution in [3.63, 3.8) is 0 Å². The van der Waals surface area contributed by atoms with E-state index < -0.39 is 0 Å². The highest BCUT2D eigenvalue weighted by molar-refractivity contribution is 7.26. The van der Waals surface area contributed by atoms with Gasteiger partial charge in [0.2, 0.25) is 0 Å². The number of hydrogen-bond donors (Lipinski definition) is 0. The van der Waals surface area contributed by atoms with Crippen LogP contribution in [0.25, 0.3) is 95.6 Å². The van der Waals surface area contributed by atoms with Gasteiger partial charge < -0.3 is 0 Å². The zero-order valence-corrected chi connectivity index (χ0v) is 32.3. The van der Waals surface area contributed by atoms with Crippen LogP contribution < -0.4 is 0 Å². The topological polar surface area (TPSA) is 0 Å². The molecule has 8 aromatic carbocycles. The second-order valence-corrected chi connectivity index (χ2v) is 18.6. The average Bonchev–Trinajstić information content (AvgIpc) is 3.76. The van der Waals surface area contributed by atoms with Gasteiger partial charge >= 0.3 is 0 Å². The predicted molar refractivity (Wildman–Crippen MR) is 236 cm³/mol. The van der Waals surface area contributed by atoms with Crippen molar-refractivity contribution in [1.29, 1.82) is 0 Å². The summed E-state index contributed by atoms with van der Waals surface area (Å²) in [5.74, 6) is 0. The normalized spacial score (nSPS) is 15.0. The molecule has 12 rings (SSSR count). The fourth-order valence-corrected chi connectivity index (χ4v) is 12.2. The van der Waals surface area contributed by atoms with E-state index in [1.54, 1.807) is 0 Å². The second kappa shape index (κ2) is 10.6. The van der Waals surface area contributed by atoms with Gasteiger partial charge in [0.25, 0.3) is 0 Å². The third-order valence-electron chi connectivity index (χ3n) is 12.9. The third kappa shape index (κ3) is 4.02. The van der Waals surface area contributed by atoms with Gasteiger partial charge in [0, 0.05) is 51.2 Å². The summed E-state index contributed by atoms with van der Waals surface area (Å²) < 4.78 is 5.40. The number of rotatable bonds is 2. The van der Waals surface area contributed by atoms with Gasteiger partial charge in [0.1, 0.15) is 0 Å². The lowest BCUT2D eigenvalue weighted by molar-refractivity contribution is 0.633. The van der Waals surface area contributed by atoms with Gasteiger partial charge in [-0.25, -0.2) is 0 Å². The van der Waals surface area contributed by atoms with Gasteiger partial charge in [0.15, 0.2) is 0 Å². The Balaban J connectivity index is 1.01. The van der Waals surface area contributed by atoms with E-state index in [0.29, 0.717) is 0 Å². The van der Waals surface area contributed by atoms with Gasteiger partial charge in [-0.3, -0.25) is 0 Å². The summed E-state index contributed by atoms with van der Waals surface area (Å²) in [6.45, 7) is 9.72. The monoisotopic (exact) mass is 724 g/mol. The summed E-state index contributed by atoms with van der Waals surface area (Å²) in [6.07, 6.45) is 0. The summed E-state index contributed by atoms with van der Waals surface area (Å²) in [5, 5.41) is 8.25. The highest BCUT2D eigenvalue weighted by Gasteiger charge is 2.39. The van der Waals surface area contributed by atoms with Gasteiger partial charge in [-0.05, 0) is 126 Å². The van der Waals surface area contributed by atoms with Crippen molar-refractivity contribution in [1.82, 2.24) is 0 Å². The maximum Gasteiger partial charge on any atom is 0.0355 e. The Bertz CT molecular complexity index is 3050. The van der Waals surface area contributed by atoms with E-state index in [0.717, 1.165) is 0 Å². The Hall–Kier alpha value is -5.54. The SMILES string of the molecule is CC1(C)c2cc(-c3ccc4sc5ccccc5c4c3)ccc2-c2ccc3c4c(ccc1c24)C(C)(C)c1cc(-c2ccc4sc5ccccc5c4c2)ccc1-3. The molecule has 256 valence electrons. The van der Waals surface area contributed by atoms with Crippen molar-refractivity contribution in [3.05, 3.63) is 168 Å². The molecule has 2 aliphatic rings. The number of hydrogen-bond acceptors (Lipinski definition) is 2. The minimum atomic E-state index is -0.159. The first-order chi connectivity index (χ1) is 26.3. The van der Waals surface area contributed by atoms with Crippen LogP contribution in [0.5, 0.6) is 0 Å². The molecule has 0 N–H and O–H groups in total. The largest absolute Gasteiger partial charge is 0.135 e. The first-order valence-electron chi connectivity index (χ1n) is 19.0. The Labute approximate surface area is 323 Å². The molecule has 0 fully saturated rings. The van der Waals surface area contributed by atoms with Crippen molar-refractivity contribution in [3.8, 4) is 44.5 Å². The maximum atomic E-state index is 2.48. The van der Waals surface area contributed by atoms with Gasteiger partial charge in [-0.15, -0.1) is 22.7 Å². The highest BCUT2D eigenvalue weighted by Crippen LogP contribution is 2.57. The van der Waals surface area contributed by atoms with Crippen LogP contribution in [0.3, 0.4) is 0 Å². The summed E-state index contributed by atoms with van der Waals surface area (Å²) >= 11 is 3.77. The van der Waals surface area contributed by atoms with Crippen LogP contribution in [-0.4, -0.2) is 0 Å². The summed E-state index contributed by atoms with van der Waals surface area (Å²) in [7, 11) is 0. The van der Waals surface area contributed by atoms with E-state index in [2.05, 4.69) is 173 Å². The standard InChI is InChI=1S/C52H36S2/c1-51(2)41-21-22-42-50-38(34-18-14-32(28-44(34)52(42,3)4)30-16-24-48-40(26-30)36-10-6-8-12-46(36)54-48)20-19-37(49(41)50)33-17-13-31(27-43(33)51)29-15-23-47-39(25-29)35-9-5-7-11-45(35)53-47/h5-28H,1-4H3. The van der Waals surface area contributed by atoms with E-state index in [4.69, 9.17) is 0 Å². The number of benzene rings is 8. The molecule has 2 aliphatic carbocycles. The molecule has 54 heavy (non-hydrogen) atoms. The molecule has 10 aromatic rings. The van der Waals surface area contributed by atoms with Gasteiger partial charge in [-0.2, -0.15) is 0 Å². The first-order valence-corrected chi connectivity index (χ1v) is 20.6. The third-order valence-corrected chi connectivity index (χ3v) is 15.2. The molecule has 0 saturated heterocycles. The molecular formula is C52H36S2. The fraction of sp³-hybridized carbons (Fsp3) is 0.115. The lowest BCUT2D eigenvalue weighted by atomic mass is 9.62. The molecule has 2 aromatic heterocycles. The van der Waals surface area contributed by atoms with Crippen LogP contribution in [0.1, 0.15) is 49.9 Å². The minimum Gasteiger partial charge on any atom is -0.135 e. The quantitative estimate of drug-likeness (QED) is 0.167. The summed E-state index contributed by atoms with van der Waals surface area (Å²) in [5.41, 5.74) is 15.9. The van der Waals surface area contributed by atoms with Crippen molar-refractivity contribution in [2.45, 2.75) is 38.5 Å². The van der Waals surface area contributed by atoms with Crippen LogP contribution in [0.2, 0.25) is 0 Å².